The molecule has 2 amide bonds. The van der Waals surface area contributed by atoms with Crippen LogP contribution >= 0.6 is 0 Å². The fourth-order valence-electron chi connectivity index (χ4n) is 2.11. The van der Waals surface area contributed by atoms with Crippen LogP contribution in [0.1, 0.15) is 35.8 Å². The van der Waals surface area contributed by atoms with Crippen molar-refractivity contribution in [3.8, 4) is 0 Å². The van der Waals surface area contributed by atoms with Gasteiger partial charge in [-0.2, -0.15) is 0 Å². The first-order valence-electron chi connectivity index (χ1n) is 7.97. The zero-order valence-corrected chi connectivity index (χ0v) is 14.0. The van der Waals surface area contributed by atoms with Crippen molar-refractivity contribution < 1.29 is 9.59 Å². The highest BCUT2D eigenvalue weighted by atomic mass is 16.2. The lowest BCUT2D eigenvalue weighted by molar-refractivity contribution is -0.118. The number of carbonyl (C=O) groups excluding carboxylic acids is 2. The Balaban J connectivity index is 1.89. The molecule has 1 unspecified atom stereocenters. The molecule has 0 aliphatic carbocycles. The monoisotopic (exact) mass is 325 g/mol. The summed E-state index contributed by atoms with van der Waals surface area (Å²) >= 11 is 0. The van der Waals surface area contributed by atoms with Crippen molar-refractivity contribution in [3.63, 3.8) is 0 Å². The first-order valence-corrected chi connectivity index (χ1v) is 7.97. The summed E-state index contributed by atoms with van der Waals surface area (Å²) in [6.45, 7) is 4.01. The second kappa shape index (κ2) is 8.26. The van der Waals surface area contributed by atoms with Crippen molar-refractivity contribution in [1.82, 2.24) is 5.32 Å². The molecule has 2 aromatic carbocycles. The summed E-state index contributed by atoms with van der Waals surface area (Å²) < 4.78 is 0. The zero-order valence-electron chi connectivity index (χ0n) is 14.0. The second-order valence-electron chi connectivity index (χ2n) is 5.95. The van der Waals surface area contributed by atoms with E-state index in [1.54, 1.807) is 24.3 Å². The van der Waals surface area contributed by atoms with Gasteiger partial charge in [-0.1, -0.05) is 44.2 Å². The van der Waals surface area contributed by atoms with Crippen LogP contribution in [0.3, 0.4) is 0 Å². The Morgan fingerprint density at radius 2 is 1.62 bits per heavy atom. The smallest absolute Gasteiger partial charge is 0.251 e. The molecule has 2 aromatic rings. The molecule has 0 saturated carbocycles. The van der Waals surface area contributed by atoms with Gasteiger partial charge >= 0.3 is 0 Å². The molecule has 2 rings (SSSR count). The third-order valence-electron chi connectivity index (χ3n) is 3.65. The van der Waals surface area contributed by atoms with Crippen LogP contribution in [0.2, 0.25) is 0 Å². The minimum Gasteiger partial charge on any atom is -0.350 e. The van der Waals surface area contributed by atoms with Crippen molar-refractivity contribution in [2.24, 2.45) is 11.7 Å². The molecular formula is C19H23N3O2. The van der Waals surface area contributed by atoms with Crippen molar-refractivity contribution in [2.45, 2.75) is 19.9 Å². The summed E-state index contributed by atoms with van der Waals surface area (Å²) in [7, 11) is 0. The van der Waals surface area contributed by atoms with Gasteiger partial charge in [0, 0.05) is 29.8 Å². The molecule has 0 aliphatic rings. The molecule has 0 aliphatic heterocycles. The zero-order chi connectivity index (χ0) is 17.5. The summed E-state index contributed by atoms with van der Waals surface area (Å²) in [5.41, 5.74) is 8.24. The quantitative estimate of drug-likeness (QED) is 0.763. The number of nitrogens with one attached hydrogen (secondary N) is 2. The highest BCUT2D eigenvalue weighted by Gasteiger charge is 2.11. The molecule has 1 atom stereocenters. The standard InChI is InChI=1S/C19H23N3O2/c1-13(2)18(23)22-16-10-8-15(9-11-16)19(24)21-12-17(20)14-6-4-3-5-7-14/h3-11,13,17H,12,20H2,1-2H3,(H,21,24)(H,22,23). The number of nitrogens with two attached hydrogens (primary N) is 1. The first kappa shape index (κ1) is 17.7. The normalized spacial score (nSPS) is 11.8. The van der Waals surface area contributed by atoms with Crippen LogP contribution in [-0.4, -0.2) is 18.4 Å². The second-order valence-corrected chi connectivity index (χ2v) is 5.95. The highest BCUT2D eigenvalue weighted by molar-refractivity contribution is 5.96. The van der Waals surface area contributed by atoms with Crippen LogP contribution in [-0.2, 0) is 4.79 Å². The van der Waals surface area contributed by atoms with Crippen LogP contribution < -0.4 is 16.4 Å². The SMILES string of the molecule is CC(C)C(=O)Nc1ccc(C(=O)NCC(N)c2ccccc2)cc1. The third kappa shape index (κ3) is 4.93. The maximum Gasteiger partial charge on any atom is 0.251 e. The lowest BCUT2D eigenvalue weighted by Crippen LogP contribution is -2.31. The molecule has 0 heterocycles. The predicted octanol–water partition coefficient (Wildman–Crippen LogP) is 2.71. The topological polar surface area (TPSA) is 84.2 Å². The Morgan fingerprint density at radius 3 is 2.21 bits per heavy atom. The van der Waals surface area contributed by atoms with Gasteiger partial charge in [0.1, 0.15) is 0 Å². The van der Waals surface area contributed by atoms with Gasteiger partial charge in [-0.25, -0.2) is 0 Å². The molecule has 24 heavy (non-hydrogen) atoms. The van der Waals surface area contributed by atoms with Gasteiger partial charge in [0.05, 0.1) is 0 Å². The van der Waals surface area contributed by atoms with E-state index in [0.29, 0.717) is 17.8 Å². The summed E-state index contributed by atoms with van der Waals surface area (Å²) in [6.07, 6.45) is 0. The van der Waals surface area contributed by atoms with Gasteiger partial charge in [-0.05, 0) is 29.8 Å². The summed E-state index contributed by atoms with van der Waals surface area (Å²) in [5, 5.41) is 5.61. The summed E-state index contributed by atoms with van der Waals surface area (Å²) in [6, 6.07) is 16.2. The number of amides is 2. The van der Waals surface area contributed by atoms with Gasteiger partial charge in [-0.3, -0.25) is 9.59 Å². The number of carbonyl (C=O) groups is 2. The van der Waals surface area contributed by atoms with Gasteiger partial charge in [-0.15, -0.1) is 0 Å². The largest absolute Gasteiger partial charge is 0.350 e. The van der Waals surface area contributed by atoms with Crippen LogP contribution in [0.15, 0.2) is 54.6 Å². The van der Waals surface area contributed by atoms with Crippen LogP contribution in [0.4, 0.5) is 5.69 Å². The van der Waals surface area contributed by atoms with E-state index in [2.05, 4.69) is 10.6 Å². The third-order valence-corrected chi connectivity index (χ3v) is 3.65. The molecule has 0 fully saturated rings. The number of benzene rings is 2. The predicted molar refractivity (Wildman–Crippen MR) is 95.6 cm³/mol. The van der Waals surface area contributed by atoms with E-state index >= 15 is 0 Å². The Hall–Kier alpha value is -2.66. The van der Waals surface area contributed by atoms with Gasteiger partial charge in [0.2, 0.25) is 5.91 Å². The Bertz CT molecular complexity index is 682. The summed E-state index contributed by atoms with van der Waals surface area (Å²) in [5.74, 6) is -0.336. The maximum absolute atomic E-state index is 12.2. The summed E-state index contributed by atoms with van der Waals surface area (Å²) in [4.78, 5) is 23.8. The van der Waals surface area contributed by atoms with E-state index in [4.69, 9.17) is 5.73 Å². The molecule has 126 valence electrons. The minimum atomic E-state index is -0.250. The van der Waals surface area contributed by atoms with Crippen molar-refractivity contribution >= 4 is 17.5 Å². The average molecular weight is 325 g/mol. The van der Waals surface area contributed by atoms with E-state index in [9.17, 15) is 9.59 Å². The molecule has 4 N–H and O–H groups in total. The van der Waals surface area contributed by atoms with E-state index in [-0.39, 0.29) is 23.8 Å². The lowest BCUT2D eigenvalue weighted by Gasteiger charge is -2.13. The Labute approximate surface area is 142 Å². The maximum atomic E-state index is 12.2. The van der Waals surface area contributed by atoms with Gasteiger partial charge in [0.15, 0.2) is 0 Å². The average Bonchev–Trinajstić information content (AvgIpc) is 2.60. The Morgan fingerprint density at radius 1 is 1.00 bits per heavy atom. The fourth-order valence-corrected chi connectivity index (χ4v) is 2.11. The fraction of sp³-hybridized carbons (Fsp3) is 0.263. The van der Waals surface area contributed by atoms with E-state index in [1.165, 1.54) is 0 Å². The number of anilines is 1. The van der Waals surface area contributed by atoms with Crippen LogP contribution in [0.25, 0.3) is 0 Å². The van der Waals surface area contributed by atoms with E-state index in [1.807, 2.05) is 44.2 Å². The Kier molecular flexibility index (Phi) is 6.09. The van der Waals surface area contributed by atoms with Crippen molar-refractivity contribution in [3.05, 3.63) is 65.7 Å². The first-order chi connectivity index (χ1) is 11.5. The molecule has 0 aromatic heterocycles. The van der Waals surface area contributed by atoms with Crippen molar-refractivity contribution in [1.29, 1.82) is 0 Å². The van der Waals surface area contributed by atoms with Gasteiger partial charge < -0.3 is 16.4 Å². The number of hydrogen-bond acceptors (Lipinski definition) is 3. The van der Waals surface area contributed by atoms with E-state index < -0.39 is 0 Å². The lowest BCUT2D eigenvalue weighted by atomic mass is 10.1. The molecule has 5 heteroatoms. The molecule has 0 saturated heterocycles. The minimum absolute atomic E-state index is 0.0546. The highest BCUT2D eigenvalue weighted by Crippen LogP contribution is 2.12. The van der Waals surface area contributed by atoms with Crippen LogP contribution in [0, 0.1) is 5.92 Å². The molecule has 0 radical (unpaired) electrons. The van der Waals surface area contributed by atoms with E-state index in [0.717, 1.165) is 5.56 Å². The number of hydrogen-bond donors (Lipinski definition) is 3. The molecule has 0 bridgehead atoms. The van der Waals surface area contributed by atoms with Crippen molar-refractivity contribution in [2.75, 3.05) is 11.9 Å². The van der Waals surface area contributed by atoms with Gasteiger partial charge in [0.25, 0.3) is 5.91 Å². The number of rotatable bonds is 6. The molecular weight excluding hydrogens is 302 g/mol. The molecule has 5 nitrogen and oxygen atoms in total. The molecule has 0 spiro atoms. The van der Waals surface area contributed by atoms with Crippen LogP contribution in [0.5, 0.6) is 0 Å².